The summed E-state index contributed by atoms with van der Waals surface area (Å²) >= 11 is 9.06. The van der Waals surface area contributed by atoms with Crippen molar-refractivity contribution < 1.29 is 9.94 Å². The van der Waals surface area contributed by atoms with E-state index in [0.29, 0.717) is 15.2 Å². The molecule has 1 unspecified atom stereocenters. The van der Waals surface area contributed by atoms with Gasteiger partial charge >= 0.3 is 0 Å². The zero-order valence-corrected chi connectivity index (χ0v) is 10.3. The van der Waals surface area contributed by atoms with Gasteiger partial charge in [0.05, 0.1) is 4.47 Å². The minimum absolute atomic E-state index is 0.0110. The monoisotopic (exact) mass is 292 g/mol. The molecule has 1 rings (SSSR count). The molecule has 3 N–H and O–H groups in total. The number of amidine groups is 1. The van der Waals surface area contributed by atoms with Gasteiger partial charge in [0.2, 0.25) is 0 Å². The van der Waals surface area contributed by atoms with Crippen molar-refractivity contribution >= 4 is 33.4 Å². The SMILES string of the molecule is CC(Oc1ccc(Cl)cc1Br)C(N)=NO. The number of oxime groups is 1. The molecule has 0 spiro atoms. The molecule has 0 saturated heterocycles. The van der Waals surface area contributed by atoms with Crippen molar-refractivity contribution in [3.05, 3.63) is 27.7 Å². The zero-order chi connectivity index (χ0) is 11.4. The first-order valence-corrected chi connectivity index (χ1v) is 5.31. The fraction of sp³-hybridized carbons (Fsp3) is 0.222. The van der Waals surface area contributed by atoms with E-state index in [0.717, 1.165) is 0 Å². The van der Waals surface area contributed by atoms with Gasteiger partial charge in [-0.15, -0.1) is 0 Å². The molecule has 0 aliphatic carbocycles. The Labute approximate surface area is 101 Å². The lowest BCUT2D eigenvalue weighted by Gasteiger charge is -2.14. The summed E-state index contributed by atoms with van der Waals surface area (Å²) in [5.74, 6) is 0.593. The van der Waals surface area contributed by atoms with Crippen LogP contribution in [0.4, 0.5) is 0 Å². The molecule has 82 valence electrons. The minimum Gasteiger partial charge on any atom is -0.482 e. The Hall–Kier alpha value is -0.940. The van der Waals surface area contributed by atoms with Crippen molar-refractivity contribution in [1.29, 1.82) is 0 Å². The number of nitrogens with two attached hydrogens (primary N) is 1. The van der Waals surface area contributed by atoms with Gasteiger partial charge in [0.1, 0.15) is 5.75 Å². The predicted octanol–water partition coefficient (Wildman–Crippen LogP) is 2.62. The third-order valence-electron chi connectivity index (χ3n) is 1.73. The van der Waals surface area contributed by atoms with E-state index >= 15 is 0 Å². The van der Waals surface area contributed by atoms with Gasteiger partial charge in [0.15, 0.2) is 11.9 Å². The Morgan fingerprint density at radius 3 is 2.87 bits per heavy atom. The second-order valence-corrected chi connectivity index (χ2v) is 4.15. The maximum absolute atomic E-state index is 8.45. The van der Waals surface area contributed by atoms with Crippen LogP contribution in [0.2, 0.25) is 5.02 Å². The lowest BCUT2D eigenvalue weighted by atomic mass is 10.3. The fourth-order valence-electron chi connectivity index (χ4n) is 0.903. The Bertz CT molecular complexity index is 384. The van der Waals surface area contributed by atoms with Crippen molar-refractivity contribution in [3.63, 3.8) is 0 Å². The van der Waals surface area contributed by atoms with Gasteiger partial charge in [-0.25, -0.2) is 0 Å². The molecule has 0 heterocycles. The molecule has 6 heteroatoms. The van der Waals surface area contributed by atoms with E-state index in [1.165, 1.54) is 0 Å². The van der Waals surface area contributed by atoms with Gasteiger partial charge in [0, 0.05) is 5.02 Å². The van der Waals surface area contributed by atoms with Crippen LogP contribution in [0.25, 0.3) is 0 Å². The van der Waals surface area contributed by atoms with Crippen LogP contribution in [0.3, 0.4) is 0 Å². The van der Waals surface area contributed by atoms with Gasteiger partial charge in [-0.3, -0.25) is 0 Å². The molecule has 1 aromatic rings. The van der Waals surface area contributed by atoms with E-state index in [9.17, 15) is 0 Å². The van der Waals surface area contributed by atoms with E-state index < -0.39 is 6.10 Å². The van der Waals surface area contributed by atoms with Crippen molar-refractivity contribution in [2.24, 2.45) is 10.9 Å². The Kier molecular flexibility index (Phi) is 4.23. The quantitative estimate of drug-likeness (QED) is 0.389. The topological polar surface area (TPSA) is 67.8 Å². The highest BCUT2D eigenvalue weighted by molar-refractivity contribution is 9.10. The van der Waals surface area contributed by atoms with Crippen molar-refractivity contribution in [1.82, 2.24) is 0 Å². The summed E-state index contributed by atoms with van der Waals surface area (Å²) in [6.07, 6.45) is -0.507. The van der Waals surface area contributed by atoms with Gasteiger partial charge in [-0.05, 0) is 41.1 Å². The van der Waals surface area contributed by atoms with E-state index in [-0.39, 0.29) is 5.84 Å². The van der Waals surface area contributed by atoms with Crippen LogP contribution in [-0.4, -0.2) is 17.1 Å². The summed E-state index contributed by atoms with van der Waals surface area (Å²) in [5, 5.41) is 11.9. The number of hydrogen-bond acceptors (Lipinski definition) is 3. The number of hydrogen-bond donors (Lipinski definition) is 2. The molecular weight excluding hydrogens is 283 g/mol. The molecule has 0 bridgehead atoms. The first-order chi connectivity index (χ1) is 7.04. The highest BCUT2D eigenvalue weighted by atomic mass is 79.9. The second-order valence-electron chi connectivity index (χ2n) is 2.86. The lowest BCUT2D eigenvalue weighted by molar-refractivity contribution is 0.264. The van der Waals surface area contributed by atoms with Crippen LogP contribution >= 0.6 is 27.5 Å². The Morgan fingerprint density at radius 2 is 2.33 bits per heavy atom. The summed E-state index contributed by atoms with van der Waals surface area (Å²) in [5.41, 5.74) is 5.38. The maximum atomic E-state index is 8.45. The summed E-state index contributed by atoms with van der Waals surface area (Å²) < 4.78 is 6.15. The van der Waals surface area contributed by atoms with Crippen LogP contribution in [-0.2, 0) is 0 Å². The highest BCUT2D eigenvalue weighted by Gasteiger charge is 2.11. The fourth-order valence-corrected chi connectivity index (χ4v) is 1.68. The number of halogens is 2. The summed E-state index contributed by atoms with van der Waals surface area (Å²) in [7, 11) is 0. The largest absolute Gasteiger partial charge is 0.482 e. The number of nitrogens with zero attached hydrogens (tertiary/aromatic N) is 1. The molecule has 15 heavy (non-hydrogen) atoms. The standard InChI is InChI=1S/C9H10BrClN2O2/c1-5(9(12)13-14)15-8-3-2-6(11)4-7(8)10/h2-5,14H,1H3,(H2,12,13). The first kappa shape index (κ1) is 12.1. The molecule has 4 nitrogen and oxygen atoms in total. The van der Waals surface area contributed by atoms with Crippen molar-refractivity contribution in [2.45, 2.75) is 13.0 Å². The van der Waals surface area contributed by atoms with Gasteiger partial charge in [-0.2, -0.15) is 0 Å². The molecule has 0 aromatic heterocycles. The predicted molar refractivity (Wildman–Crippen MR) is 62.7 cm³/mol. The van der Waals surface area contributed by atoms with Crippen LogP contribution < -0.4 is 10.5 Å². The summed E-state index contributed by atoms with van der Waals surface area (Å²) in [6, 6.07) is 5.10. The number of ether oxygens (including phenoxy) is 1. The number of rotatable bonds is 3. The van der Waals surface area contributed by atoms with E-state index in [2.05, 4.69) is 21.1 Å². The molecular formula is C9H10BrClN2O2. The molecule has 0 radical (unpaired) electrons. The van der Waals surface area contributed by atoms with E-state index in [4.69, 9.17) is 27.3 Å². The summed E-state index contributed by atoms with van der Waals surface area (Å²) in [4.78, 5) is 0. The molecule has 1 aromatic carbocycles. The third-order valence-corrected chi connectivity index (χ3v) is 2.58. The van der Waals surface area contributed by atoms with Gasteiger partial charge < -0.3 is 15.7 Å². The molecule has 1 atom stereocenters. The van der Waals surface area contributed by atoms with Crippen LogP contribution in [0, 0.1) is 0 Å². The van der Waals surface area contributed by atoms with E-state index in [1.54, 1.807) is 25.1 Å². The minimum atomic E-state index is -0.507. The van der Waals surface area contributed by atoms with Crippen LogP contribution in [0.5, 0.6) is 5.75 Å². The summed E-state index contributed by atoms with van der Waals surface area (Å²) in [6.45, 7) is 1.68. The third kappa shape index (κ3) is 3.28. The number of benzene rings is 1. The molecule has 0 aliphatic rings. The van der Waals surface area contributed by atoms with Crippen molar-refractivity contribution in [2.75, 3.05) is 0 Å². The van der Waals surface area contributed by atoms with Gasteiger partial charge in [0.25, 0.3) is 0 Å². The zero-order valence-electron chi connectivity index (χ0n) is 7.95. The molecule has 0 fully saturated rings. The smallest absolute Gasteiger partial charge is 0.180 e. The average molecular weight is 294 g/mol. The van der Waals surface area contributed by atoms with Gasteiger partial charge in [-0.1, -0.05) is 16.8 Å². The highest BCUT2D eigenvalue weighted by Crippen LogP contribution is 2.28. The molecule has 0 amide bonds. The van der Waals surface area contributed by atoms with Crippen molar-refractivity contribution in [3.8, 4) is 5.75 Å². The average Bonchev–Trinajstić information content (AvgIpc) is 2.20. The maximum Gasteiger partial charge on any atom is 0.180 e. The molecule has 0 saturated carbocycles. The second kappa shape index (κ2) is 5.23. The van der Waals surface area contributed by atoms with Crippen LogP contribution in [0.15, 0.2) is 27.8 Å². The molecule has 0 aliphatic heterocycles. The Balaban J connectivity index is 2.81. The Morgan fingerprint density at radius 1 is 1.67 bits per heavy atom. The normalized spacial score (nSPS) is 13.7. The lowest BCUT2D eigenvalue weighted by Crippen LogP contribution is -2.31. The van der Waals surface area contributed by atoms with Crippen LogP contribution in [0.1, 0.15) is 6.92 Å². The van der Waals surface area contributed by atoms with E-state index in [1.807, 2.05) is 0 Å². The first-order valence-electron chi connectivity index (χ1n) is 4.13.